The second-order valence-electron chi connectivity index (χ2n) is 3.56. The lowest BCUT2D eigenvalue weighted by Crippen LogP contribution is -2.16. The molecule has 0 saturated heterocycles. The summed E-state index contributed by atoms with van der Waals surface area (Å²) in [5, 5.41) is 3.24. The maximum Gasteiger partial charge on any atom is 0.305 e. The van der Waals surface area contributed by atoms with E-state index in [1.807, 2.05) is 12.1 Å². The van der Waals surface area contributed by atoms with Gasteiger partial charge in [-0.25, -0.2) is 4.98 Å². The van der Waals surface area contributed by atoms with E-state index in [1.54, 1.807) is 13.3 Å². The SMILES string of the molecule is COC(=O)CCCNCc1ccnc(OC)c1. The van der Waals surface area contributed by atoms with Gasteiger partial charge in [-0.1, -0.05) is 0 Å². The van der Waals surface area contributed by atoms with Crippen molar-refractivity contribution in [3.63, 3.8) is 0 Å². The van der Waals surface area contributed by atoms with E-state index in [9.17, 15) is 4.79 Å². The number of hydrogen-bond acceptors (Lipinski definition) is 5. The topological polar surface area (TPSA) is 60.5 Å². The Labute approximate surface area is 101 Å². The zero-order chi connectivity index (χ0) is 12.5. The molecule has 0 radical (unpaired) electrons. The van der Waals surface area contributed by atoms with Crippen molar-refractivity contribution in [1.29, 1.82) is 0 Å². The maximum absolute atomic E-state index is 10.9. The smallest absolute Gasteiger partial charge is 0.305 e. The molecule has 1 aromatic heterocycles. The summed E-state index contributed by atoms with van der Waals surface area (Å²) in [5.41, 5.74) is 1.11. The van der Waals surface area contributed by atoms with E-state index in [4.69, 9.17) is 4.74 Å². The molecule has 0 aromatic carbocycles. The van der Waals surface area contributed by atoms with Gasteiger partial charge in [0.15, 0.2) is 0 Å². The lowest BCUT2D eigenvalue weighted by Gasteiger charge is -2.05. The van der Waals surface area contributed by atoms with Crippen LogP contribution in [0.1, 0.15) is 18.4 Å². The molecule has 0 fully saturated rings. The van der Waals surface area contributed by atoms with Crippen LogP contribution >= 0.6 is 0 Å². The van der Waals surface area contributed by atoms with E-state index in [2.05, 4.69) is 15.0 Å². The van der Waals surface area contributed by atoms with E-state index in [1.165, 1.54) is 7.11 Å². The molecule has 17 heavy (non-hydrogen) atoms. The molecule has 1 heterocycles. The molecular weight excluding hydrogens is 220 g/mol. The van der Waals surface area contributed by atoms with Crippen LogP contribution in [-0.2, 0) is 16.1 Å². The van der Waals surface area contributed by atoms with Crippen LogP contribution in [0.3, 0.4) is 0 Å². The zero-order valence-electron chi connectivity index (χ0n) is 10.2. The highest BCUT2D eigenvalue weighted by atomic mass is 16.5. The second kappa shape index (κ2) is 7.62. The normalized spacial score (nSPS) is 10.0. The summed E-state index contributed by atoms with van der Waals surface area (Å²) in [7, 11) is 2.99. The molecule has 0 amide bonds. The minimum atomic E-state index is -0.169. The molecule has 0 saturated carbocycles. The molecule has 0 aliphatic rings. The predicted molar refractivity (Wildman–Crippen MR) is 63.7 cm³/mol. The van der Waals surface area contributed by atoms with Crippen LogP contribution in [0.25, 0.3) is 0 Å². The number of methoxy groups -OCH3 is 2. The van der Waals surface area contributed by atoms with Crippen LogP contribution in [-0.4, -0.2) is 31.7 Å². The molecule has 0 atom stereocenters. The first-order valence-corrected chi connectivity index (χ1v) is 5.52. The number of pyridine rings is 1. The third kappa shape index (κ3) is 5.31. The summed E-state index contributed by atoms with van der Waals surface area (Å²) in [6.07, 6.45) is 2.93. The number of rotatable bonds is 7. The molecule has 1 N–H and O–H groups in total. The van der Waals surface area contributed by atoms with Gasteiger partial charge in [-0.05, 0) is 24.6 Å². The van der Waals surface area contributed by atoms with Crippen molar-refractivity contribution in [3.8, 4) is 5.88 Å². The quantitative estimate of drug-likeness (QED) is 0.570. The predicted octanol–water partition coefficient (Wildman–Crippen LogP) is 1.13. The number of nitrogens with one attached hydrogen (secondary N) is 1. The van der Waals surface area contributed by atoms with Gasteiger partial charge >= 0.3 is 5.97 Å². The van der Waals surface area contributed by atoms with Crippen LogP contribution < -0.4 is 10.1 Å². The summed E-state index contributed by atoms with van der Waals surface area (Å²) in [6, 6.07) is 3.81. The van der Waals surface area contributed by atoms with Gasteiger partial charge in [0.1, 0.15) is 0 Å². The number of nitrogens with zero attached hydrogens (tertiary/aromatic N) is 1. The summed E-state index contributed by atoms with van der Waals surface area (Å²) >= 11 is 0. The van der Waals surface area contributed by atoms with Crippen molar-refractivity contribution in [1.82, 2.24) is 10.3 Å². The molecule has 0 spiro atoms. The molecule has 0 aliphatic heterocycles. The summed E-state index contributed by atoms with van der Waals surface area (Å²) in [5.74, 6) is 0.441. The fourth-order valence-corrected chi connectivity index (χ4v) is 1.36. The van der Waals surface area contributed by atoms with E-state index in [0.29, 0.717) is 12.3 Å². The fraction of sp³-hybridized carbons (Fsp3) is 0.500. The summed E-state index contributed by atoms with van der Waals surface area (Å²) in [6.45, 7) is 1.51. The number of hydrogen-bond donors (Lipinski definition) is 1. The average Bonchev–Trinajstić information content (AvgIpc) is 2.38. The average molecular weight is 238 g/mol. The second-order valence-corrected chi connectivity index (χ2v) is 3.56. The molecule has 5 heteroatoms. The van der Waals surface area contributed by atoms with Gasteiger partial charge in [0.25, 0.3) is 0 Å². The Hall–Kier alpha value is -1.62. The van der Waals surface area contributed by atoms with Crippen LogP contribution in [0.4, 0.5) is 0 Å². The van der Waals surface area contributed by atoms with Crippen molar-refractivity contribution in [2.45, 2.75) is 19.4 Å². The zero-order valence-corrected chi connectivity index (χ0v) is 10.2. The van der Waals surface area contributed by atoms with Crippen LogP contribution in [0.15, 0.2) is 18.3 Å². The molecule has 5 nitrogen and oxygen atoms in total. The molecule has 94 valence electrons. The molecule has 0 aliphatic carbocycles. The van der Waals surface area contributed by atoms with E-state index >= 15 is 0 Å². The molecular formula is C12H18N2O3. The van der Waals surface area contributed by atoms with Crippen molar-refractivity contribution in [2.24, 2.45) is 0 Å². The number of aromatic nitrogens is 1. The Morgan fingerprint density at radius 1 is 1.47 bits per heavy atom. The van der Waals surface area contributed by atoms with Crippen LogP contribution in [0, 0.1) is 0 Å². The largest absolute Gasteiger partial charge is 0.481 e. The number of esters is 1. The van der Waals surface area contributed by atoms with Gasteiger partial charge in [-0.3, -0.25) is 4.79 Å². The lowest BCUT2D eigenvalue weighted by molar-refractivity contribution is -0.140. The van der Waals surface area contributed by atoms with Gasteiger partial charge in [0.2, 0.25) is 5.88 Å². The maximum atomic E-state index is 10.9. The Morgan fingerprint density at radius 2 is 2.29 bits per heavy atom. The van der Waals surface area contributed by atoms with Gasteiger partial charge in [-0.2, -0.15) is 0 Å². The Kier molecular flexibility index (Phi) is 6.03. The minimum absolute atomic E-state index is 0.169. The molecule has 0 unspecified atom stereocenters. The lowest BCUT2D eigenvalue weighted by atomic mass is 10.2. The number of ether oxygens (including phenoxy) is 2. The highest BCUT2D eigenvalue weighted by Crippen LogP contribution is 2.07. The highest BCUT2D eigenvalue weighted by Gasteiger charge is 2.00. The highest BCUT2D eigenvalue weighted by molar-refractivity contribution is 5.69. The third-order valence-corrected chi connectivity index (χ3v) is 2.30. The molecule has 0 bridgehead atoms. The van der Waals surface area contributed by atoms with E-state index in [0.717, 1.165) is 25.1 Å². The monoisotopic (exact) mass is 238 g/mol. The summed E-state index contributed by atoms with van der Waals surface area (Å²) < 4.78 is 9.58. The van der Waals surface area contributed by atoms with Gasteiger partial charge < -0.3 is 14.8 Å². The fourth-order valence-electron chi connectivity index (χ4n) is 1.36. The Morgan fingerprint density at radius 3 is 3.00 bits per heavy atom. The van der Waals surface area contributed by atoms with Crippen LogP contribution in [0.2, 0.25) is 0 Å². The number of carbonyl (C=O) groups is 1. The number of carbonyl (C=O) groups excluding carboxylic acids is 1. The van der Waals surface area contributed by atoms with Crippen LogP contribution in [0.5, 0.6) is 5.88 Å². The molecule has 1 aromatic rings. The first-order valence-electron chi connectivity index (χ1n) is 5.52. The van der Waals surface area contributed by atoms with Crippen molar-refractivity contribution >= 4 is 5.97 Å². The molecule has 1 rings (SSSR count). The van der Waals surface area contributed by atoms with Gasteiger partial charge in [0, 0.05) is 25.2 Å². The van der Waals surface area contributed by atoms with Crippen molar-refractivity contribution < 1.29 is 14.3 Å². The first kappa shape index (κ1) is 13.4. The van der Waals surface area contributed by atoms with Gasteiger partial charge in [-0.15, -0.1) is 0 Å². The first-order chi connectivity index (χ1) is 8.26. The minimum Gasteiger partial charge on any atom is -0.481 e. The van der Waals surface area contributed by atoms with Crippen molar-refractivity contribution in [3.05, 3.63) is 23.9 Å². The standard InChI is InChI=1S/C12H18N2O3/c1-16-11-8-10(5-7-14-11)9-13-6-3-4-12(15)17-2/h5,7-8,13H,3-4,6,9H2,1-2H3. The van der Waals surface area contributed by atoms with Gasteiger partial charge in [0.05, 0.1) is 14.2 Å². The van der Waals surface area contributed by atoms with E-state index < -0.39 is 0 Å². The third-order valence-electron chi connectivity index (χ3n) is 2.30. The summed E-state index contributed by atoms with van der Waals surface area (Å²) in [4.78, 5) is 14.9. The Balaban J connectivity index is 2.19. The van der Waals surface area contributed by atoms with E-state index in [-0.39, 0.29) is 5.97 Å². The Bertz CT molecular complexity index is 355. The van der Waals surface area contributed by atoms with Crippen molar-refractivity contribution in [2.75, 3.05) is 20.8 Å².